The normalized spacial score (nSPS) is 10.7. The molecule has 0 aromatic heterocycles. The van der Waals surface area contributed by atoms with Gasteiger partial charge in [0.1, 0.15) is 18.1 Å². The third kappa shape index (κ3) is 5.02. The molecule has 0 bridgehead atoms. The maximum Gasteiger partial charge on any atom is 0.123 e. The van der Waals surface area contributed by atoms with E-state index in [-0.39, 0.29) is 0 Å². The first kappa shape index (κ1) is 18.4. The lowest BCUT2D eigenvalue weighted by Gasteiger charge is -2.15. The summed E-state index contributed by atoms with van der Waals surface area (Å²) < 4.78 is 11.9. The van der Waals surface area contributed by atoms with Gasteiger partial charge in [0.15, 0.2) is 0 Å². The lowest BCUT2D eigenvalue weighted by Crippen LogP contribution is -2.02. The molecule has 0 atom stereocenters. The van der Waals surface area contributed by atoms with Crippen LogP contribution < -0.4 is 9.47 Å². The Morgan fingerprint density at radius 2 is 1.29 bits per heavy atom. The fourth-order valence-corrected chi connectivity index (χ4v) is 2.65. The monoisotopic (exact) mass is 326 g/mol. The first-order valence-electron chi connectivity index (χ1n) is 9.09. The summed E-state index contributed by atoms with van der Waals surface area (Å²) in [6.45, 7) is 9.97. The summed E-state index contributed by atoms with van der Waals surface area (Å²) in [5, 5.41) is 0. The van der Waals surface area contributed by atoms with Crippen molar-refractivity contribution in [2.45, 2.75) is 60.0 Å². The van der Waals surface area contributed by atoms with Crippen molar-refractivity contribution in [3.63, 3.8) is 0 Å². The van der Waals surface area contributed by atoms with Crippen LogP contribution in [0.4, 0.5) is 0 Å². The molecular weight excluding hydrogens is 296 g/mol. The molecule has 0 aliphatic heterocycles. The van der Waals surface area contributed by atoms with Gasteiger partial charge in [-0.1, -0.05) is 51.0 Å². The number of hydrogen-bond donors (Lipinski definition) is 0. The molecule has 0 N–H and O–H groups in total. The van der Waals surface area contributed by atoms with Gasteiger partial charge in [-0.25, -0.2) is 0 Å². The Balaban J connectivity index is 1.96. The number of ether oxygens (including phenoxy) is 2. The Hall–Kier alpha value is -1.96. The summed E-state index contributed by atoms with van der Waals surface area (Å²) in [7, 11) is 0. The highest BCUT2D eigenvalue weighted by molar-refractivity contribution is 5.47. The van der Waals surface area contributed by atoms with Crippen molar-refractivity contribution in [3.8, 4) is 11.5 Å². The minimum Gasteiger partial charge on any atom is -0.493 e. The van der Waals surface area contributed by atoms with Crippen LogP contribution in [0.5, 0.6) is 11.5 Å². The average molecular weight is 326 g/mol. The summed E-state index contributed by atoms with van der Waals surface area (Å²) in [6.07, 6.45) is 4.61. The Labute approximate surface area is 146 Å². The van der Waals surface area contributed by atoms with Gasteiger partial charge in [-0.2, -0.15) is 0 Å². The Morgan fingerprint density at radius 1 is 0.708 bits per heavy atom. The van der Waals surface area contributed by atoms with Crippen LogP contribution in [-0.4, -0.2) is 6.61 Å². The van der Waals surface area contributed by atoms with E-state index < -0.39 is 0 Å². The van der Waals surface area contributed by atoms with E-state index in [9.17, 15) is 0 Å². The molecule has 0 saturated carbocycles. The minimum absolute atomic E-state index is 0.598. The van der Waals surface area contributed by atoms with Gasteiger partial charge in [-0.05, 0) is 61.1 Å². The lowest BCUT2D eigenvalue weighted by molar-refractivity contribution is 0.294. The van der Waals surface area contributed by atoms with Gasteiger partial charge in [0, 0.05) is 0 Å². The quantitative estimate of drug-likeness (QED) is 0.525. The lowest BCUT2D eigenvalue weighted by atomic mass is 10.1. The van der Waals surface area contributed by atoms with Crippen LogP contribution in [0.3, 0.4) is 0 Å². The molecule has 0 saturated heterocycles. The van der Waals surface area contributed by atoms with Gasteiger partial charge in [-0.15, -0.1) is 0 Å². The summed E-state index contributed by atoms with van der Waals surface area (Å²) in [4.78, 5) is 0. The second-order valence-corrected chi connectivity index (χ2v) is 6.33. The molecule has 0 spiro atoms. The molecule has 0 fully saturated rings. The van der Waals surface area contributed by atoms with E-state index in [0.29, 0.717) is 6.61 Å². The van der Waals surface area contributed by atoms with Crippen molar-refractivity contribution >= 4 is 0 Å². The molecule has 0 aliphatic carbocycles. The molecule has 2 aromatic rings. The van der Waals surface area contributed by atoms with Crippen molar-refractivity contribution in [3.05, 3.63) is 58.7 Å². The zero-order valence-electron chi connectivity index (χ0n) is 15.5. The van der Waals surface area contributed by atoms with Gasteiger partial charge in [0.05, 0.1) is 6.61 Å². The number of hydrogen-bond acceptors (Lipinski definition) is 2. The molecule has 0 unspecified atom stereocenters. The fourth-order valence-electron chi connectivity index (χ4n) is 2.65. The number of unbranched alkanes of at least 4 members (excludes halogenated alkanes) is 2. The van der Waals surface area contributed by atoms with Crippen LogP contribution in [-0.2, 0) is 13.0 Å². The highest BCUT2D eigenvalue weighted by Gasteiger charge is 2.08. The van der Waals surface area contributed by atoms with E-state index in [4.69, 9.17) is 9.47 Å². The molecule has 2 aromatic carbocycles. The van der Waals surface area contributed by atoms with Crippen LogP contribution in [0.25, 0.3) is 0 Å². The molecule has 0 amide bonds. The van der Waals surface area contributed by atoms with Crippen molar-refractivity contribution in [1.29, 1.82) is 0 Å². The number of aryl methyl sites for hydroxylation is 1. The van der Waals surface area contributed by atoms with E-state index in [1.165, 1.54) is 29.5 Å². The third-order valence-corrected chi connectivity index (χ3v) is 4.52. The topological polar surface area (TPSA) is 18.5 Å². The third-order valence-electron chi connectivity index (χ3n) is 4.52. The first-order chi connectivity index (χ1) is 11.7. The predicted octanol–water partition coefficient (Wildman–Crippen LogP) is 6.01. The molecule has 2 rings (SSSR count). The van der Waals surface area contributed by atoms with Gasteiger partial charge in [0.2, 0.25) is 0 Å². The second kappa shape index (κ2) is 9.36. The van der Waals surface area contributed by atoms with Crippen molar-refractivity contribution in [2.24, 2.45) is 0 Å². The van der Waals surface area contributed by atoms with Crippen molar-refractivity contribution in [1.82, 2.24) is 0 Å². The molecule has 0 heterocycles. The van der Waals surface area contributed by atoms with E-state index in [2.05, 4.69) is 52.0 Å². The maximum atomic E-state index is 6.02. The molecule has 24 heavy (non-hydrogen) atoms. The predicted molar refractivity (Wildman–Crippen MR) is 101 cm³/mol. The number of benzene rings is 2. The van der Waals surface area contributed by atoms with E-state index in [1.807, 2.05) is 12.1 Å². The van der Waals surface area contributed by atoms with E-state index in [1.54, 1.807) is 0 Å². The van der Waals surface area contributed by atoms with Crippen molar-refractivity contribution < 1.29 is 9.47 Å². The van der Waals surface area contributed by atoms with Gasteiger partial charge in [-0.3, -0.25) is 0 Å². The average Bonchev–Trinajstić information content (AvgIpc) is 2.62. The SMILES string of the molecule is CCCCCOc1ccc(OCc2ccc(CC)cc2)c(C)c1C. The summed E-state index contributed by atoms with van der Waals surface area (Å²) in [6, 6.07) is 12.7. The number of rotatable bonds is 9. The summed E-state index contributed by atoms with van der Waals surface area (Å²) >= 11 is 0. The Morgan fingerprint density at radius 3 is 1.88 bits per heavy atom. The smallest absolute Gasteiger partial charge is 0.123 e. The zero-order chi connectivity index (χ0) is 17.4. The standard InChI is InChI=1S/C22H30O2/c1-5-7-8-15-23-21-13-14-22(18(4)17(21)3)24-16-20-11-9-19(6-2)10-12-20/h9-14H,5-8,15-16H2,1-4H3. The second-order valence-electron chi connectivity index (χ2n) is 6.33. The molecule has 2 nitrogen and oxygen atoms in total. The van der Waals surface area contributed by atoms with Crippen LogP contribution in [0, 0.1) is 13.8 Å². The van der Waals surface area contributed by atoms with Crippen LogP contribution in [0.2, 0.25) is 0 Å². The molecule has 130 valence electrons. The Bertz CT molecular complexity index is 629. The zero-order valence-corrected chi connectivity index (χ0v) is 15.5. The highest BCUT2D eigenvalue weighted by Crippen LogP contribution is 2.30. The molecule has 0 aliphatic rings. The van der Waals surface area contributed by atoms with Gasteiger partial charge in [0.25, 0.3) is 0 Å². The Kier molecular flexibility index (Phi) is 7.17. The van der Waals surface area contributed by atoms with Gasteiger partial charge >= 0.3 is 0 Å². The van der Waals surface area contributed by atoms with Gasteiger partial charge < -0.3 is 9.47 Å². The van der Waals surface area contributed by atoms with Crippen LogP contribution in [0.1, 0.15) is 55.4 Å². The minimum atomic E-state index is 0.598. The van der Waals surface area contributed by atoms with Crippen LogP contribution >= 0.6 is 0 Å². The largest absolute Gasteiger partial charge is 0.493 e. The first-order valence-corrected chi connectivity index (χ1v) is 9.09. The molecule has 0 radical (unpaired) electrons. The summed E-state index contributed by atoms with van der Waals surface area (Å²) in [5.41, 5.74) is 4.89. The van der Waals surface area contributed by atoms with E-state index >= 15 is 0 Å². The highest BCUT2D eigenvalue weighted by atomic mass is 16.5. The molecular formula is C22H30O2. The fraction of sp³-hybridized carbons (Fsp3) is 0.455. The van der Waals surface area contributed by atoms with Crippen LogP contribution in [0.15, 0.2) is 36.4 Å². The maximum absolute atomic E-state index is 6.02. The molecule has 2 heteroatoms. The van der Waals surface area contributed by atoms with Crippen molar-refractivity contribution in [2.75, 3.05) is 6.61 Å². The van der Waals surface area contributed by atoms with E-state index in [0.717, 1.165) is 36.5 Å². The summed E-state index contributed by atoms with van der Waals surface area (Å²) in [5.74, 6) is 1.91.